The smallest absolute Gasteiger partial charge is 0.348 e. The largest absolute Gasteiger partial charge is 0.490 e. The summed E-state index contributed by atoms with van der Waals surface area (Å²) in [5, 5.41) is 3.15. The van der Waals surface area contributed by atoms with Gasteiger partial charge < -0.3 is 14.8 Å². The van der Waals surface area contributed by atoms with Crippen LogP contribution in [0.2, 0.25) is 0 Å². The van der Waals surface area contributed by atoms with Crippen LogP contribution in [0.15, 0.2) is 41.5 Å². The summed E-state index contributed by atoms with van der Waals surface area (Å²) >= 11 is 1.10. The Labute approximate surface area is 183 Å². The summed E-state index contributed by atoms with van der Waals surface area (Å²) in [6.45, 7) is 5.72. The van der Waals surface area contributed by atoms with Crippen molar-refractivity contribution in [3.8, 4) is 5.75 Å². The zero-order valence-electron chi connectivity index (χ0n) is 17.7. The molecule has 0 saturated carbocycles. The Balaban J connectivity index is 1.68. The normalized spacial score (nSPS) is 11.8. The highest BCUT2D eigenvalue weighted by Crippen LogP contribution is 2.27. The fourth-order valence-corrected chi connectivity index (χ4v) is 3.95. The number of aromatic nitrogens is 2. The second-order valence-corrected chi connectivity index (χ2v) is 8.09. The third-order valence-electron chi connectivity index (χ3n) is 4.76. The molecular weight excluding hydrogens is 418 g/mol. The molecule has 1 amide bonds. The number of ether oxygens (including phenoxy) is 2. The standard InChI is InChI=1S/C22H25N3O5S/c1-4-14(2)24-17(26)12-25-13-23-20-18(21(25)27)15(3)19(31-20)22(28)30-11-10-29-16-8-6-5-7-9-16/h5-9,13-14H,4,10-12H2,1-3H3,(H,24,26). The van der Waals surface area contributed by atoms with Crippen molar-refractivity contribution >= 4 is 33.4 Å². The monoisotopic (exact) mass is 443 g/mol. The summed E-state index contributed by atoms with van der Waals surface area (Å²) in [5.74, 6) is -0.0973. The lowest BCUT2D eigenvalue weighted by Gasteiger charge is -2.12. The van der Waals surface area contributed by atoms with Crippen molar-refractivity contribution in [3.63, 3.8) is 0 Å². The van der Waals surface area contributed by atoms with E-state index in [1.807, 2.05) is 44.2 Å². The Morgan fingerprint density at radius 1 is 1.23 bits per heavy atom. The Bertz CT molecular complexity index is 1120. The molecule has 0 fully saturated rings. The number of para-hydroxylation sites is 1. The number of nitrogens with one attached hydrogen (secondary N) is 1. The second-order valence-electron chi connectivity index (χ2n) is 7.09. The number of fused-ring (bicyclic) bond motifs is 1. The highest BCUT2D eigenvalue weighted by molar-refractivity contribution is 7.20. The van der Waals surface area contributed by atoms with Crippen LogP contribution >= 0.6 is 11.3 Å². The van der Waals surface area contributed by atoms with E-state index in [0.29, 0.717) is 26.4 Å². The first-order valence-electron chi connectivity index (χ1n) is 10.0. The molecule has 0 bridgehead atoms. The first-order chi connectivity index (χ1) is 14.9. The maximum Gasteiger partial charge on any atom is 0.348 e. The molecule has 3 rings (SSSR count). The maximum atomic E-state index is 12.9. The zero-order chi connectivity index (χ0) is 22.4. The highest BCUT2D eigenvalue weighted by atomic mass is 32.1. The average Bonchev–Trinajstić information content (AvgIpc) is 3.11. The third kappa shape index (κ3) is 5.49. The molecular formula is C22H25N3O5S. The molecule has 2 aromatic heterocycles. The minimum Gasteiger partial charge on any atom is -0.490 e. The Kier molecular flexibility index (Phi) is 7.41. The summed E-state index contributed by atoms with van der Waals surface area (Å²) < 4.78 is 12.1. The van der Waals surface area contributed by atoms with Gasteiger partial charge in [0, 0.05) is 6.04 Å². The topological polar surface area (TPSA) is 99.5 Å². The predicted molar refractivity (Wildman–Crippen MR) is 119 cm³/mol. The van der Waals surface area contributed by atoms with Gasteiger partial charge in [-0.15, -0.1) is 11.3 Å². The number of hydrogen-bond donors (Lipinski definition) is 1. The summed E-state index contributed by atoms with van der Waals surface area (Å²) in [6.07, 6.45) is 2.13. The Morgan fingerprint density at radius 3 is 2.68 bits per heavy atom. The molecule has 3 aromatic rings. The molecule has 2 heterocycles. The predicted octanol–water partition coefficient (Wildman–Crippen LogP) is 2.92. The average molecular weight is 444 g/mol. The van der Waals surface area contributed by atoms with Crippen molar-refractivity contribution in [2.75, 3.05) is 13.2 Å². The molecule has 1 N–H and O–H groups in total. The van der Waals surface area contributed by atoms with Gasteiger partial charge in [0.1, 0.15) is 35.2 Å². The number of hydrogen-bond acceptors (Lipinski definition) is 7. The summed E-state index contributed by atoms with van der Waals surface area (Å²) in [4.78, 5) is 42.5. The fourth-order valence-electron chi connectivity index (χ4n) is 2.92. The van der Waals surface area contributed by atoms with Crippen LogP contribution in [0.3, 0.4) is 0 Å². The third-order valence-corrected chi connectivity index (χ3v) is 5.94. The molecule has 0 spiro atoms. The van der Waals surface area contributed by atoms with Gasteiger partial charge in [0.05, 0.1) is 11.7 Å². The molecule has 0 aliphatic rings. The van der Waals surface area contributed by atoms with Gasteiger partial charge in [0.15, 0.2) is 0 Å². The number of carbonyl (C=O) groups is 2. The Hall–Kier alpha value is -3.20. The van der Waals surface area contributed by atoms with Crippen molar-refractivity contribution in [3.05, 3.63) is 57.5 Å². The second kappa shape index (κ2) is 10.2. The van der Waals surface area contributed by atoms with Crippen molar-refractivity contribution < 1.29 is 19.1 Å². The van der Waals surface area contributed by atoms with E-state index in [1.54, 1.807) is 6.92 Å². The van der Waals surface area contributed by atoms with Gasteiger partial charge in [-0.3, -0.25) is 14.2 Å². The maximum absolute atomic E-state index is 12.9. The van der Waals surface area contributed by atoms with Crippen molar-refractivity contribution in [2.45, 2.75) is 39.8 Å². The molecule has 1 aromatic carbocycles. The van der Waals surface area contributed by atoms with E-state index in [2.05, 4.69) is 10.3 Å². The summed E-state index contributed by atoms with van der Waals surface area (Å²) in [5.41, 5.74) is 0.146. The molecule has 1 atom stereocenters. The van der Waals surface area contributed by atoms with Crippen LogP contribution in [0.4, 0.5) is 0 Å². The molecule has 31 heavy (non-hydrogen) atoms. The number of amides is 1. The Morgan fingerprint density at radius 2 is 1.97 bits per heavy atom. The number of thiophene rings is 1. The SMILES string of the molecule is CCC(C)NC(=O)Cn1cnc2sc(C(=O)OCCOc3ccccc3)c(C)c2c1=O. The highest BCUT2D eigenvalue weighted by Gasteiger charge is 2.21. The summed E-state index contributed by atoms with van der Waals surface area (Å²) in [7, 11) is 0. The van der Waals surface area contributed by atoms with Gasteiger partial charge in [0.2, 0.25) is 5.91 Å². The summed E-state index contributed by atoms with van der Waals surface area (Å²) in [6, 6.07) is 9.26. The lowest BCUT2D eigenvalue weighted by Crippen LogP contribution is -2.37. The van der Waals surface area contributed by atoms with Crippen LogP contribution in [0.1, 0.15) is 35.5 Å². The minimum absolute atomic E-state index is 0.0232. The van der Waals surface area contributed by atoms with E-state index >= 15 is 0 Å². The first kappa shape index (κ1) is 22.5. The van der Waals surface area contributed by atoms with Crippen molar-refractivity contribution in [1.29, 1.82) is 0 Å². The van der Waals surface area contributed by atoms with Crippen molar-refractivity contribution in [1.82, 2.24) is 14.9 Å². The van der Waals surface area contributed by atoms with Crippen LogP contribution in [0.5, 0.6) is 5.75 Å². The van der Waals surface area contributed by atoms with Crippen LogP contribution in [-0.2, 0) is 16.1 Å². The van der Waals surface area contributed by atoms with Gasteiger partial charge in [-0.05, 0) is 38.0 Å². The van der Waals surface area contributed by atoms with E-state index in [9.17, 15) is 14.4 Å². The number of benzene rings is 1. The van der Waals surface area contributed by atoms with E-state index < -0.39 is 5.97 Å². The number of aryl methyl sites for hydroxylation is 1. The number of esters is 1. The lowest BCUT2D eigenvalue weighted by atomic mass is 10.2. The van der Waals surface area contributed by atoms with E-state index in [1.165, 1.54) is 10.9 Å². The van der Waals surface area contributed by atoms with Crippen LogP contribution in [-0.4, -0.2) is 40.7 Å². The molecule has 8 nitrogen and oxygen atoms in total. The van der Waals surface area contributed by atoms with Gasteiger partial charge in [0.25, 0.3) is 5.56 Å². The van der Waals surface area contributed by atoms with Crippen LogP contribution < -0.4 is 15.6 Å². The van der Waals surface area contributed by atoms with E-state index in [-0.39, 0.29) is 37.3 Å². The molecule has 9 heteroatoms. The van der Waals surface area contributed by atoms with E-state index in [4.69, 9.17) is 9.47 Å². The molecule has 164 valence electrons. The molecule has 0 aliphatic heterocycles. The zero-order valence-corrected chi connectivity index (χ0v) is 18.5. The van der Waals surface area contributed by atoms with Crippen molar-refractivity contribution in [2.24, 2.45) is 0 Å². The van der Waals surface area contributed by atoms with E-state index in [0.717, 1.165) is 17.8 Å². The van der Waals surface area contributed by atoms with Crippen LogP contribution in [0.25, 0.3) is 10.2 Å². The van der Waals surface area contributed by atoms with Gasteiger partial charge in [-0.2, -0.15) is 0 Å². The number of rotatable bonds is 9. The van der Waals surface area contributed by atoms with Gasteiger partial charge >= 0.3 is 5.97 Å². The first-order valence-corrected chi connectivity index (χ1v) is 10.8. The van der Waals surface area contributed by atoms with Crippen LogP contribution in [0, 0.1) is 6.92 Å². The molecule has 0 saturated heterocycles. The van der Waals surface area contributed by atoms with Gasteiger partial charge in [-0.1, -0.05) is 25.1 Å². The quantitative estimate of drug-likeness (QED) is 0.403. The number of nitrogens with zero attached hydrogens (tertiary/aromatic N) is 2. The number of carbonyl (C=O) groups excluding carboxylic acids is 2. The lowest BCUT2D eigenvalue weighted by molar-refractivity contribution is -0.122. The minimum atomic E-state index is -0.530. The fraction of sp³-hybridized carbons (Fsp3) is 0.364. The molecule has 1 unspecified atom stereocenters. The molecule has 0 radical (unpaired) electrons. The van der Waals surface area contributed by atoms with Gasteiger partial charge in [-0.25, -0.2) is 9.78 Å². The molecule has 0 aliphatic carbocycles.